The van der Waals surface area contributed by atoms with Crippen LogP contribution in [0.2, 0.25) is 0 Å². The standard InChI is InChI=1S/C21H17N3O3S2/c1-28-16-8-5-14(6-9-16)17-13-29-21(22-17)23-20(26)18-10-7-15(27-18)12-24-11-3-2-4-19(24)25/h2-11,13H,12H2,1H3,(H,22,23,26). The number of anilines is 1. The average molecular weight is 424 g/mol. The van der Waals surface area contributed by atoms with E-state index in [-0.39, 0.29) is 23.8 Å². The van der Waals surface area contributed by atoms with E-state index in [0.717, 1.165) is 11.3 Å². The second-order valence-electron chi connectivity index (χ2n) is 6.15. The Bertz CT molecular complexity index is 1190. The minimum atomic E-state index is -0.379. The Kier molecular flexibility index (Phi) is 5.64. The van der Waals surface area contributed by atoms with Gasteiger partial charge in [0.2, 0.25) is 0 Å². The minimum absolute atomic E-state index is 0.129. The lowest BCUT2D eigenvalue weighted by Gasteiger charge is -2.02. The molecule has 6 nitrogen and oxygen atoms in total. The monoisotopic (exact) mass is 423 g/mol. The van der Waals surface area contributed by atoms with Crippen LogP contribution in [-0.2, 0) is 6.54 Å². The van der Waals surface area contributed by atoms with E-state index in [1.807, 2.05) is 35.9 Å². The fraction of sp³-hybridized carbons (Fsp3) is 0.0952. The number of hydrogen-bond acceptors (Lipinski definition) is 6. The molecule has 0 unspecified atom stereocenters. The van der Waals surface area contributed by atoms with Crippen LogP contribution in [0, 0.1) is 0 Å². The average Bonchev–Trinajstić information content (AvgIpc) is 3.40. The Hall–Kier alpha value is -3.10. The zero-order valence-corrected chi connectivity index (χ0v) is 17.1. The third-order valence-electron chi connectivity index (χ3n) is 4.22. The fourth-order valence-electron chi connectivity index (χ4n) is 2.73. The van der Waals surface area contributed by atoms with Crippen LogP contribution in [-0.4, -0.2) is 21.7 Å². The van der Waals surface area contributed by atoms with E-state index in [1.165, 1.54) is 26.9 Å². The van der Waals surface area contributed by atoms with E-state index in [2.05, 4.69) is 10.3 Å². The highest BCUT2D eigenvalue weighted by Crippen LogP contribution is 2.27. The molecule has 3 aromatic heterocycles. The Balaban J connectivity index is 1.43. The molecule has 0 aliphatic rings. The maximum Gasteiger partial charge on any atom is 0.293 e. The van der Waals surface area contributed by atoms with Crippen LogP contribution in [0.25, 0.3) is 11.3 Å². The molecule has 0 aliphatic carbocycles. The van der Waals surface area contributed by atoms with Crippen molar-refractivity contribution in [3.05, 3.63) is 88.0 Å². The first-order valence-electron chi connectivity index (χ1n) is 8.78. The van der Waals surface area contributed by atoms with Crippen LogP contribution in [0.15, 0.2) is 80.3 Å². The Morgan fingerprint density at radius 2 is 2.00 bits per heavy atom. The van der Waals surface area contributed by atoms with Crippen LogP contribution in [0.4, 0.5) is 5.13 Å². The van der Waals surface area contributed by atoms with E-state index >= 15 is 0 Å². The van der Waals surface area contributed by atoms with Crippen LogP contribution in [0.3, 0.4) is 0 Å². The number of amides is 1. The van der Waals surface area contributed by atoms with Crippen LogP contribution < -0.4 is 10.9 Å². The van der Waals surface area contributed by atoms with Gasteiger partial charge in [0.1, 0.15) is 5.76 Å². The molecule has 0 aliphatic heterocycles. The zero-order chi connectivity index (χ0) is 20.2. The number of pyridine rings is 1. The van der Waals surface area contributed by atoms with E-state index in [0.29, 0.717) is 10.9 Å². The van der Waals surface area contributed by atoms with Gasteiger partial charge < -0.3 is 8.98 Å². The maximum absolute atomic E-state index is 12.5. The molecule has 0 fully saturated rings. The van der Waals surface area contributed by atoms with Gasteiger partial charge in [-0.25, -0.2) is 4.98 Å². The van der Waals surface area contributed by atoms with Crippen molar-refractivity contribution < 1.29 is 9.21 Å². The lowest BCUT2D eigenvalue weighted by atomic mass is 10.2. The SMILES string of the molecule is CSc1ccc(-c2csc(NC(=O)c3ccc(Cn4ccccc4=O)o3)n2)cc1. The Morgan fingerprint density at radius 3 is 2.76 bits per heavy atom. The van der Waals surface area contributed by atoms with Gasteiger partial charge in [-0.3, -0.25) is 14.9 Å². The molecule has 4 rings (SSSR count). The largest absolute Gasteiger partial charge is 0.454 e. The number of thioether (sulfide) groups is 1. The van der Waals surface area contributed by atoms with Crippen molar-refractivity contribution in [1.82, 2.24) is 9.55 Å². The number of carbonyl (C=O) groups excluding carboxylic acids is 1. The summed E-state index contributed by atoms with van der Waals surface area (Å²) in [5.74, 6) is 0.317. The summed E-state index contributed by atoms with van der Waals surface area (Å²) < 4.78 is 7.11. The summed E-state index contributed by atoms with van der Waals surface area (Å²) in [6.07, 6.45) is 3.71. The quantitative estimate of drug-likeness (QED) is 0.459. The molecule has 29 heavy (non-hydrogen) atoms. The number of thiazole rings is 1. The number of benzene rings is 1. The molecule has 4 aromatic rings. The van der Waals surface area contributed by atoms with Crippen molar-refractivity contribution in [2.45, 2.75) is 11.4 Å². The lowest BCUT2D eigenvalue weighted by Crippen LogP contribution is -2.18. The van der Waals surface area contributed by atoms with Gasteiger partial charge in [-0.05, 0) is 36.6 Å². The van der Waals surface area contributed by atoms with Gasteiger partial charge in [0, 0.05) is 28.1 Å². The molecule has 146 valence electrons. The summed E-state index contributed by atoms with van der Waals surface area (Å²) in [5.41, 5.74) is 1.67. The van der Waals surface area contributed by atoms with Crippen LogP contribution in [0.5, 0.6) is 0 Å². The van der Waals surface area contributed by atoms with E-state index < -0.39 is 0 Å². The van der Waals surface area contributed by atoms with E-state index in [9.17, 15) is 9.59 Å². The number of aromatic nitrogens is 2. The summed E-state index contributed by atoms with van der Waals surface area (Å²) in [7, 11) is 0. The predicted octanol–water partition coefficient (Wildman–Crippen LogP) is 4.59. The first-order valence-corrected chi connectivity index (χ1v) is 10.9. The van der Waals surface area contributed by atoms with Crippen molar-refractivity contribution in [1.29, 1.82) is 0 Å². The molecule has 0 saturated carbocycles. The Morgan fingerprint density at radius 1 is 1.17 bits per heavy atom. The first-order chi connectivity index (χ1) is 14.1. The van der Waals surface area contributed by atoms with Gasteiger partial charge in [-0.1, -0.05) is 18.2 Å². The maximum atomic E-state index is 12.5. The molecule has 1 N–H and O–H groups in total. The highest BCUT2D eigenvalue weighted by atomic mass is 32.2. The predicted molar refractivity (Wildman–Crippen MR) is 116 cm³/mol. The van der Waals surface area contributed by atoms with Gasteiger partial charge in [0.15, 0.2) is 10.9 Å². The number of carbonyl (C=O) groups is 1. The molecule has 0 bridgehead atoms. The third-order valence-corrected chi connectivity index (χ3v) is 5.72. The second-order valence-corrected chi connectivity index (χ2v) is 7.89. The molecule has 1 amide bonds. The second kappa shape index (κ2) is 8.50. The summed E-state index contributed by atoms with van der Waals surface area (Å²) in [5, 5.41) is 5.16. The number of nitrogens with one attached hydrogen (secondary N) is 1. The molecule has 0 atom stereocenters. The van der Waals surface area contributed by atoms with Gasteiger partial charge in [-0.15, -0.1) is 23.1 Å². The van der Waals surface area contributed by atoms with Crippen molar-refractivity contribution in [3.63, 3.8) is 0 Å². The van der Waals surface area contributed by atoms with Crippen LogP contribution >= 0.6 is 23.1 Å². The van der Waals surface area contributed by atoms with Crippen molar-refractivity contribution in [2.75, 3.05) is 11.6 Å². The summed E-state index contributed by atoms with van der Waals surface area (Å²) in [6, 6.07) is 16.3. The van der Waals surface area contributed by atoms with Crippen molar-refractivity contribution in [3.8, 4) is 11.3 Å². The number of nitrogens with zero attached hydrogens (tertiary/aromatic N) is 2. The van der Waals surface area contributed by atoms with E-state index in [1.54, 1.807) is 42.2 Å². The molecular formula is C21H17N3O3S2. The molecule has 0 saturated heterocycles. The normalized spacial score (nSPS) is 10.8. The highest BCUT2D eigenvalue weighted by molar-refractivity contribution is 7.98. The van der Waals surface area contributed by atoms with E-state index in [4.69, 9.17) is 4.42 Å². The minimum Gasteiger partial charge on any atom is -0.454 e. The smallest absolute Gasteiger partial charge is 0.293 e. The van der Waals surface area contributed by atoms with Gasteiger partial charge in [0.05, 0.1) is 12.2 Å². The summed E-state index contributed by atoms with van der Waals surface area (Å²) >= 11 is 3.04. The third kappa shape index (κ3) is 4.49. The lowest BCUT2D eigenvalue weighted by molar-refractivity contribution is 0.0994. The topological polar surface area (TPSA) is 77.1 Å². The summed E-state index contributed by atoms with van der Waals surface area (Å²) in [4.78, 5) is 29.9. The number of furan rings is 1. The van der Waals surface area contributed by atoms with Gasteiger partial charge >= 0.3 is 0 Å². The molecule has 1 aromatic carbocycles. The zero-order valence-electron chi connectivity index (χ0n) is 15.5. The summed E-state index contributed by atoms with van der Waals surface area (Å²) in [6.45, 7) is 0.264. The molecule has 0 radical (unpaired) electrons. The van der Waals surface area contributed by atoms with Crippen molar-refractivity contribution >= 4 is 34.1 Å². The van der Waals surface area contributed by atoms with Crippen LogP contribution in [0.1, 0.15) is 16.3 Å². The van der Waals surface area contributed by atoms with Crippen molar-refractivity contribution in [2.24, 2.45) is 0 Å². The molecule has 0 spiro atoms. The Labute approximate surface area is 175 Å². The highest BCUT2D eigenvalue weighted by Gasteiger charge is 2.14. The molecule has 3 heterocycles. The number of rotatable bonds is 6. The first kappa shape index (κ1) is 19.2. The van der Waals surface area contributed by atoms with Gasteiger partial charge in [-0.2, -0.15) is 0 Å². The number of hydrogen-bond donors (Lipinski definition) is 1. The molecular weight excluding hydrogens is 406 g/mol. The fourth-order valence-corrected chi connectivity index (χ4v) is 3.85. The molecule has 8 heteroatoms. The van der Waals surface area contributed by atoms with Gasteiger partial charge in [0.25, 0.3) is 11.5 Å².